The van der Waals surface area contributed by atoms with E-state index in [4.69, 9.17) is 14.5 Å². The molecule has 2 aromatic carbocycles. The average molecular weight is 479 g/mol. The van der Waals surface area contributed by atoms with E-state index < -0.39 is 5.79 Å². The summed E-state index contributed by atoms with van der Waals surface area (Å²) in [4.78, 5) is 22.0. The third-order valence-corrected chi connectivity index (χ3v) is 7.25. The summed E-state index contributed by atoms with van der Waals surface area (Å²) in [6.45, 7) is 3.95. The molecule has 1 spiro atoms. The van der Waals surface area contributed by atoms with Crippen LogP contribution in [0.2, 0.25) is 0 Å². The first-order valence-electron chi connectivity index (χ1n) is 11.9. The maximum Gasteiger partial charge on any atom is 0.224 e. The van der Waals surface area contributed by atoms with Gasteiger partial charge in [0.15, 0.2) is 5.79 Å². The fraction of sp³-hybridized carbons (Fsp3) is 0.423. The van der Waals surface area contributed by atoms with Crippen molar-refractivity contribution >= 4 is 22.6 Å². The molecule has 178 valence electrons. The number of nitrogens with zero attached hydrogens (tertiary/aromatic N) is 4. The Bertz CT molecular complexity index is 1060. The van der Waals surface area contributed by atoms with Gasteiger partial charge in [-0.15, -0.1) is 0 Å². The minimum atomic E-state index is -0.460. The van der Waals surface area contributed by atoms with Crippen molar-refractivity contribution in [2.75, 3.05) is 37.7 Å². The first kappa shape index (κ1) is 23.0. The van der Waals surface area contributed by atoms with E-state index in [-0.39, 0.29) is 5.91 Å². The monoisotopic (exact) mass is 478 g/mol. The van der Waals surface area contributed by atoms with Crippen molar-refractivity contribution in [2.24, 2.45) is 0 Å². The van der Waals surface area contributed by atoms with Crippen molar-refractivity contribution in [3.05, 3.63) is 77.6 Å². The number of hydrogen-bond donors (Lipinski definition) is 0. The third-order valence-electron chi connectivity index (χ3n) is 6.44. The van der Waals surface area contributed by atoms with E-state index in [0.717, 1.165) is 23.8 Å². The van der Waals surface area contributed by atoms with Crippen LogP contribution in [-0.4, -0.2) is 58.8 Å². The normalized spacial score (nSPS) is 17.2. The minimum absolute atomic E-state index is 0.167. The summed E-state index contributed by atoms with van der Waals surface area (Å²) >= 11 is 1.40. The molecule has 0 bridgehead atoms. The van der Waals surface area contributed by atoms with Gasteiger partial charge in [0, 0.05) is 63.4 Å². The fourth-order valence-corrected chi connectivity index (χ4v) is 5.25. The molecule has 0 unspecified atom stereocenters. The van der Waals surface area contributed by atoms with Crippen LogP contribution in [0, 0.1) is 0 Å². The van der Waals surface area contributed by atoms with Crippen LogP contribution in [0.4, 0.5) is 5.13 Å². The molecule has 3 aromatic rings. The molecule has 2 aliphatic heterocycles. The first-order chi connectivity index (χ1) is 16.7. The number of aromatic nitrogens is 2. The van der Waals surface area contributed by atoms with Crippen molar-refractivity contribution < 1.29 is 14.3 Å². The Kier molecular flexibility index (Phi) is 7.18. The van der Waals surface area contributed by atoms with Crippen molar-refractivity contribution in [3.63, 3.8) is 0 Å². The molecule has 1 aromatic heterocycles. The Labute approximate surface area is 204 Å². The Morgan fingerprint density at radius 2 is 1.62 bits per heavy atom. The number of ether oxygens (including phenoxy) is 2. The lowest BCUT2D eigenvalue weighted by Crippen LogP contribution is -2.47. The topological polar surface area (TPSA) is 67.8 Å². The Morgan fingerprint density at radius 1 is 0.971 bits per heavy atom. The van der Waals surface area contributed by atoms with E-state index in [2.05, 4.69) is 33.5 Å². The smallest absolute Gasteiger partial charge is 0.224 e. The van der Waals surface area contributed by atoms with E-state index in [1.165, 1.54) is 22.7 Å². The van der Waals surface area contributed by atoms with Crippen LogP contribution in [0.15, 0.2) is 60.7 Å². The second-order valence-electron chi connectivity index (χ2n) is 8.80. The zero-order valence-corrected chi connectivity index (χ0v) is 20.1. The zero-order valence-electron chi connectivity index (χ0n) is 19.3. The van der Waals surface area contributed by atoms with Crippen LogP contribution >= 0.6 is 11.5 Å². The predicted molar refractivity (Wildman–Crippen MR) is 132 cm³/mol. The highest BCUT2D eigenvalue weighted by Gasteiger charge is 2.40. The Morgan fingerprint density at radius 3 is 2.29 bits per heavy atom. The van der Waals surface area contributed by atoms with Crippen LogP contribution in [0.25, 0.3) is 0 Å². The highest BCUT2D eigenvalue weighted by molar-refractivity contribution is 7.09. The molecule has 0 aliphatic carbocycles. The van der Waals surface area contributed by atoms with E-state index in [9.17, 15) is 4.79 Å². The fourth-order valence-electron chi connectivity index (χ4n) is 4.54. The van der Waals surface area contributed by atoms with Gasteiger partial charge >= 0.3 is 0 Å². The average Bonchev–Trinajstić information content (AvgIpc) is 3.53. The summed E-state index contributed by atoms with van der Waals surface area (Å²) in [6.07, 6.45) is 2.63. The van der Waals surface area contributed by atoms with Crippen LogP contribution in [0.3, 0.4) is 0 Å². The van der Waals surface area contributed by atoms with Gasteiger partial charge in [-0.25, -0.2) is 4.98 Å². The maximum absolute atomic E-state index is 13.0. The van der Waals surface area contributed by atoms with Crippen LogP contribution in [-0.2, 0) is 27.2 Å². The van der Waals surface area contributed by atoms with Gasteiger partial charge in [0.1, 0.15) is 5.82 Å². The highest BCUT2D eigenvalue weighted by Crippen LogP contribution is 2.31. The molecular formula is C26H30N4O3S. The van der Waals surface area contributed by atoms with E-state index >= 15 is 0 Å². The van der Waals surface area contributed by atoms with Gasteiger partial charge in [-0.1, -0.05) is 60.7 Å². The van der Waals surface area contributed by atoms with Gasteiger partial charge in [-0.3, -0.25) is 4.79 Å². The molecule has 0 radical (unpaired) electrons. The number of carbonyl (C=O) groups is 1. The van der Waals surface area contributed by atoms with Crippen LogP contribution in [0.5, 0.6) is 0 Å². The number of anilines is 1. The maximum atomic E-state index is 13.0. The van der Waals surface area contributed by atoms with Crippen molar-refractivity contribution in [2.45, 2.75) is 38.0 Å². The lowest BCUT2D eigenvalue weighted by Gasteiger charge is -2.37. The summed E-state index contributed by atoms with van der Waals surface area (Å²) in [5.41, 5.74) is 2.37. The molecular weight excluding hydrogens is 448 g/mol. The van der Waals surface area contributed by atoms with Gasteiger partial charge in [-0.05, 0) is 11.1 Å². The van der Waals surface area contributed by atoms with E-state index in [0.29, 0.717) is 52.2 Å². The number of rotatable bonds is 8. The van der Waals surface area contributed by atoms with Crippen molar-refractivity contribution in [1.29, 1.82) is 0 Å². The molecule has 0 N–H and O–H groups in total. The lowest BCUT2D eigenvalue weighted by molar-refractivity contribution is -0.187. The molecule has 3 heterocycles. The Hall–Kier alpha value is -2.81. The number of carbonyl (C=O) groups excluding carboxylic acids is 1. The SMILES string of the molecule is O=C(CCN(Cc1ccccc1)c1nc(Cc2ccccc2)ns1)N1CCC2(CC1)OCCO2. The summed E-state index contributed by atoms with van der Waals surface area (Å²) in [6, 6.07) is 20.5. The predicted octanol–water partition coefficient (Wildman–Crippen LogP) is 3.89. The van der Waals surface area contributed by atoms with Gasteiger partial charge in [0.25, 0.3) is 0 Å². The summed E-state index contributed by atoms with van der Waals surface area (Å²) in [5, 5.41) is 0.855. The zero-order chi connectivity index (χ0) is 23.2. The number of piperidine rings is 1. The summed E-state index contributed by atoms with van der Waals surface area (Å²) in [5.74, 6) is 0.520. The highest BCUT2D eigenvalue weighted by atomic mass is 32.1. The standard InChI is InChI=1S/C26H30N4O3S/c31-24(29-15-12-26(13-16-29)32-17-18-33-26)11-14-30(20-22-9-5-2-6-10-22)25-27-23(28-34-25)19-21-7-3-1-4-8-21/h1-10H,11-20H2. The molecule has 1 amide bonds. The molecule has 8 heteroatoms. The molecule has 7 nitrogen and oxygen atoms in total. The molecule has 2 fully saturated rings. The van der Waals surface area contributed by atoms with Crippen LogP contribution < -0.4 is 4.90 Å². The summed E-state index contributed by atoms with van der Waals surface area (Å²) < 4.78 is 16.2. The molecule has 34 heavy (non-hydrogen) atoms. The van der Waals surface area contributed by atoms with Gasteiger partial charge in [0.2, 0.25) is 11.0 Å². The second kappa shape index (κ2) is 10.6. The minimum Gasteiger partial charge on any atom is -0.347 e. The number of benzene rings is 2. The third kappa shape index (κ3) is 5.63. The van der Waals surface area contributed by atoms with E-state index in [1.54, 1.807) is 0 Å². The van der Waals surface area contributed by atoms with Crippen LogP contribution in [0.1, 0.15) is 36.2 Å². The largest absolute Gasteiger partial charge is 0.347 e. The summed E-state index contributed by atoms with van der Waals surface area (Å²) in [7, 11) is 0. The molecule has 5 rings (SSSR count). The van der Waals surface area contributed by atoms with Gasteiger partial charge < -0.3 is 19.3 Å². The van der Waals surface area contributed by atoms with Gasteiger partial charge in [-0.2, -0.15) is 4.37 Å². The number of likely N-dealkylation sites (tertiary alicyclic amines) is 1. The first-order valence-corrected chi connectivity index (χ1v) is 12.7. The lowest BCUT2D eigenvalue weighted by atomic mass is 10.0. The molecule has 2 saturated heterocycles. The van der Waals surface area contributed by atoms with Crippen molar-refractivity contribution in [1.82, 2.24) is 14.3 Å². The van der Waals surface area contributed by atoms with E-state index in [1.807, 2.05) is 41.3 Å². The molecule has 0 atom stereocenters. The Balaban J connectivity index is 1.23. The number of hydrogen-bond acceptors (Lipinski definition) is 7. The molecule has 0 saturated carbocycles. The molecule has 2 aliphatic rings. The second-order valence-corrected chi connectivity index (χ2v) is 9.53. The van der Waals surface area contributed by atoms with Crippen molar-refractivity contribution in [3.8, 4) is 0 Å². The number of amides is 1. The van der Waals surface area contributed by atoms with Gasteiger partial charge in [0.05, 0.1) is 13.2 Å². The quantitative estimate of drug-likeness (QED) is 0.489.